The van der Waals surface area contributed by atoms with Gasteiger partial charge in [-0.15, -0.1) is 0 Å². The topological polar surface area (TPSA) is 29.0 Å². The molecule has 1 heterocycles. The van der Waals surface area contributed by atoms with E-state index in [0.29, 0.717) is 16.1 Å². The Morgan fingerprint density at radius 2 is 2.00 bits per heavy atom. The second-order valence-corrected chi connectivity index (χ2v) is 5.04. The maximum atomic E-state index is 13.8. The summed E-state index contributed by atoms with van der Waals surface area (Å²) in [5.74, 6) is 1.17. The molecule has 2 rings (SSSR count). The van der Waals surface area contributed by atoms with Crippen molar-refractivity contribution in [3.63, 3.8) is 0 Å². The van der Waals surface area contributed by atoms with Crippen LogP contribution in [-0.2, 0) is 6.42 Å². The Morgan fingerprint density at radius 3 is 2.68 bits per heavy atom. The van der Waals surface area contributed by atoms with Crippen LogP contribution < -0.4 is 4.90 Å². The first-order valence-corrected chi connectivity index (χ1v) is 6.93. The second kappa shape index (κ2) is 6.10. The number of hydrogen-bond acceptors (Lipinski definition) is 3. The average molecular weight is 324 g/mol. The highest BCUT2D eigenvalue weighted by molar-refractivity contribution is 9.10. The molecule has 0 unspecified atom stereocenters. The normalized spacial score (nSPS) is 10.5. The molecule has 0 saturated heterocycles. The molecule has 0 spiro atoms. The van der Waals surface area contributed by atoms with Crippen molar-refractivity contribution in [3.05, 3.63) is 46.6 Å². The molecule has 19 heavy (non-hydrogen) atoms. The fourth-order valence-corrected chi connectivity index (χ4v) is 2.22. The number of nitrogens with zero attached hydrogens (tertiary/aromatic N) is 3. The summed E-state index contributed by atoms with van der Waals surface area (Å²) in [4.78, 5) is 10.5. The minimum absolute atomic E-state index is 0.267. The largest absolute Gasteiger partial charge is 0.327 e. The van der Waals surface area contributed by atoms with Gasteiger partial charge in [0.05, 0.1) is 5.69 Å². The lowest BCUT2D eigenvalue weighted by atomic mass is 10.3. The fourth-order valence-electron chi connectivity index (χ4n) is 1.81. The van der Waals surface area contributed by atoms with Crippen molar-refractivity contribution in [1.29, 1.82) is 0 Å². The maximum absolute atomic E-state index is 13.8. The third kappa shape index (κ3) is 3.29. The lowest BCUT2D eigenvalue weighted by Crippen LogP contribution is -2.14. The van der Waals surface area contributed by atoms with Gasteiger partial charge in [-0.3, -0.25) is 0 Å². The van der Waals surface area contributed by atoms with Crippen LogP contribution in [0.1, 0.15) is 19.2 Å². The zero-order valence-electron chi connectivity index (χ0n) is 10.9. The van der Waals surface area contributed by atoms with Gasteiger partial charge in [-0.1, -0.05) is 19.1 Å². The summed E-state index contributed by atoms with van der Waals surface area (Å²) in [6.45, 7) is 2.07. The highest BCUT2D eigenvalue weighted by Gasteiger charge is 2.12. The van der Waals surface area contributed by atoms with Gasteiger partial charge in [0.15, 0.2) is 0 Å². The summed E-state index contributed by atoms with van der Waals surface area (Å²) >= 11 is 3.37. The van der Waals surface area contributed by atoms with Crippen molar-refractivity contribution in [1.82, 2.24) is 9.97 Å². The summed E-state index contributed by atoms with van der Waals surface area (Å²) in [6.07, 6.45) is 1.77. The van der Waals surface area contributed by atoms with Gasteiger partial charge in [0.1, 0.15) is 22.1 Å². The molecule has 100 valence electrons. The Kier molecular flexibility index (Phi) is 4.47. The molecule has 0 aliphatic rings. The molecule has 2 aromatic rings. The van der Waals surface area contributed by atoms with E-state index in [0.717, 1.165) is 18.7 Å². The average Bonchev–Trinajstić information content (AvgIpc) is 2.38. The summed E-state index contributed by atoms with van der Waals surface area (Å²) in [7, 11) is 1.79. The summed E-state index contributed by atoms with van der Waals surface area (Å²) in [5.41, 5.74) is 0.496. The summed E-state index contributed by atoms with van der Waals surface area (Å²) < 4.78 is 14.5. The third-order valence-electron chi connectivity index (χ3n) is 2.76. The monoisotopic (exact) mass is 323 g/mol. The van der Waals surface area contributed by atoms with E-state index in [2.05, 4.69) is 32.8 Å². The van der Waals surface area contributed by atoms with Gasteiger partial charge in [0, 0.05) is 19.5 Å². The Hall–Kier alpha value is -1.49. The molecule has 1 aromatic carbocycles. The van der Waals surface area contributed by atoms with Gasteiger partial charge < -0.3 is 4.90 Å². The molecule has 0 aliphatic heterocycles. The standard InChI is InChI=1S/C14H15BrFN3/c1-3-6-13-17-12(15)9-14(18-13)19(2)11-8-5-4-7-10(11)16/h4-5,7-9H,3,6H2,1-2H3. The number of benzene rings is 1. The number of rotatable bonds is 4. The van der Waals surface area contributed by atoms with Crippen LogP contribution >= 0.6 is 15.9 Å². The highest BCUT2D eigenvalue weighted by atomic mass is 79.9. The van der Waals surface area contributed by atoms with E-state index < -0.39 is 0 Å². The van der Waals surface area contributed by atoms with Gasteiger partial charge >= 0.3 is 0 Å². The van der Waals surface area contributed by atoms with Crippen LogP contribution in [0.2, 0.25) is 0 Å². The molecule has 0 aliphatic carbocycles. The van der Waals surface area contributed by atoms with E-state index in [9.17, 15) is 4.39 Å². The number of para-hydroxylation sites is 1. The van der Waals surface area contributed by atoms with Gasteiger partial charge in [-0.2, -0.15) is 0 Å². The van der Waals surface area contributed by atoms with Crippen LogP contribution in [0.4, 0.5) is 15.9 Å². The smallest absolute Gasteiger partial charge is 0.146 e. The van der Waals surface area contributed by atoms with E-state index in [4.69, 9.17) is 0 Å². The van der Waals surface area contributed by atoms with Crippen molar-refractivity contribution in [2.45, 2.75) is 19.8 Å². The summed E-state index contributed by atoms with van der Waals surface area (Å²) in [6, 6.07) is 8.43. The van der Waals surface area contributed by atoms with Gasteiger partial charge in [-0.05, 0) is 34.5 Å². The van der Waals surface area contributed by atoms with Crippen molar-refractivity contribution >= 4 is 27.4 Å². The van der Waals surface area contributed by atoms with E-state index in [1.165, 1.54) is 6.07 Å². The van der Waals surface area contributed by atoms with Gasteiger partial charge in [0.25, 0.3) is 0 Å². The van der Waals surface area contributed by atoms with Gasteiger partial charge in [0.2, 0.25) is 0 Å². The minimum atomic E-state index is -0.267. The maximum Gasteiger partial charge on any atom is 0.146 e. The Bertz CT molecular complexity index is 574. The van der Waals surface area contributed by atoms with E-state index in [1.54, 1.807) is 36.2 Å². The lowest BCUT2D eigenvalue weighted by molar-refractivity contribution is 0.627. The van der Waals surface area contributed by atoms with Crippen LogP contribution in [0.3, 0.4) is 0 Å². The molecule has 0 atom stereocenters. The van der Waals surface area contributed by atoms with E-state index in [-0.39, 0.29) is 5.82 Å². The van der Waals surface area contributed by atoms with Gasteiger partial charge in [-0.25, -0.2) is 14.4 Å². The zero-order chi connectivity index (χ0) is 13.8. The number of aryl methyl sites for hydroxylation is 1. The quantitative estimate of drug-likeness (QED) is 0.793. The molecule has 0 radical (unpaired) electrons. The molecular formula is C14H15BrFN3. The van der Waals surface area contributed by atoms with Crippen LogP contribution in [-0.4, -0.2) is 17.0 Å². The lowest BCUT2D eigenvalue weighted by Gasteiger charge is -2.19. The molecule has 0 fully saturated rings. The number of anilines is 2. The molecule has 3 nitrogen and oxygen atoms in total. The van der Waals surface area contributed by atoms with Crippen molar-refractivity contribution < 1.29 is 4.39 Å². The zero-order valence-corrected chi connectivity index (χ0v) is 12.5. The second-order valence-electron chi connectivity index (χ2n) is 4.23. The first-order chi connectivity index (χ1) is 9.11. The Morgan fingerprint density at radius 1 is 1.26 bits per heavy atom. The Labute approximate surface area is 120 Å². The van der Waals surface area contributed by atoms with Crippen molar-refractivity contribution in [3.8, 4) is 0 Å². The molecule has 0 saturated carbocycles. The molecule has 0 amide bonds. The number of hydrogen-bond donors (Lipinski definition) is 0. The molecule has 0 N–H and O–H groups in total. The first kappa shape index (κ1) is 13.9. The van der Waals surface area contributed by atoms with Crippen molar-refractivity contribution in [2.24, 2.45) is 0 Å². The van der Waals surface area contributed by atoms with Crippen molar-refractivity contribution in [2.75, 3.05) is 11.9 Å². The van der Waals surface area contributed by atoms with Crippen LogP contribution in [0.5, 0.6) is 0 Å². The number of halogens is 2. The fraction of sp³-hybridized carbons (Fsp3) is 0.286. The van der Waals surface area contributed by atoms with E-state index in [1.807, 2.05) is 0 Å². The summed E-state index contributed by atoms with van der Waals surface area (Å²) in [5, 5.41) is 0. The minimum Gasteiger partial charge on any atom is -0.327 e. The first-order valence-electron chi connectivity index (χ1n) is 6.13. The van der Waals surface area contributed by atoms with E-state index >= 15 is 0 Å². The molecular weight excluding hydrogens is 309 g/mol. The predicted octanol–water partition coefficient (Wildman–Crippen LogP) is 4.10. The third-order valence-corrected chi connectivity index (χ3v) is 3.16. The number of aromatic nitrogens is 2. The highest BCUT2D eigenvalue weighted by Crippen LogP contribution is 2.26. The van der Waals surface area contributed by atoms with Crippen LogP contribution in [0.25, 0.3) is 0 Å². The molecule has 1 aromatic heterocycles. The molecule has 5 heteroatoms. The SMILES string of the molecule is CCCc1nc(Br)cc(N(C)c2ccccc2F)n1. The van der Waals surface area contributed by atoms with Crippen LogP contribution in [0, 0.1) is 5.82 Å². The Balaban J connectivity index is 2.38. The van der Waals surface area contributed by atoms with Crippen LogP contribution in [0.15, 0.2) is 34.9 Å². The predicted molar refractivity (Wildman–Crippen MR) is 78.2 cm³/mol. The molecule has 0 bridgehead atoms.